The molecule has 3 nitrogen and oxygen atoms in total. The second-order valence-corrected chi connectivity index (χ2v) is 4.86. The molecule has 0 saturated carbocycles. The minimum absolute atomic E-state index is 0.512. The van der Waals surface area contributed by atoms with E-state index in [0.717, 1.165) is 11.3 Å². The van der Waals surface area contributed by atoms with Gasteiger partial charge in [-0.15, -0.1) is 11.8 Å². The molecule has 88 valence electrons. The molecule has 2 N–H and O–H groups in total. The molecule has 0 heterocycles. The molecule has 0 spiro atoms. The largest absolute Gasteiger partial charge is 0.480 e. The summed E-state index contributed by atoms with van der Waals surface area (Å²) in [4.78, 5) is 11.8. The second-order valence-electron chi connectivity index (χ2n) is 3.52. The number of aliphatic carboxylic acids is 1. The quantitative estimate of drug-likeness (QED) is 0.748. The Morgan fingerprint density at radius 3 is 2.94 bits per heavy atom. The van der Waals surface area contributed by atoms with E-state index in [9.17, 15) is 4.79 Å². The molecule has 0 aliphatic carbocycles. The van der Waals surface area contributed by atoms with Crippen molar-refractivity contribution < 1.29 is 9.90 Å². The maximum Gasteiger partial charge on any atom is 0.320 e. The Labute approximate surface area is 100 Å². The zero-order valence-electron chi connectivity index (χ0n) is 9.56. The van der Waals surface area contributed by atoms with Crippen LogP contribution in [0.15, 0.2) is 29.2 Å². The van der Waals surface area contributed by atoms with E-state index in [0.29, 0.717) is 6.54 Å². The lowest BCUT2D eigenvalue weighted by Gasteiger charge is -2.09. The summed E-state index contributed by atoms with van der Waals surface area (Å²) in [6.07, 6.45) is 0. The number of hydrogen-bond donors (Lipinski definition) is 2. The summed E-state index contributed by atoms with van der Waals surface area (Å²) in [5, 5.41) is 11.7. The fourth-order valence-corrected chi connectivity index (χ4v) is 2.01. The standard InChI is InChI=1S/C12H17NO2S/c1-3-16-11-6-4-5-10(7-11)8-13-9(2)12(14)15/h4-7,9,13H,3,8H2,1-2H3,(H,14,15). The van der Waals surface area contributed by atoms with Gasteiger partial charge in [0.25, 0.3) is 0 Å². The number of carboxylic acid groups (broad SMARTS) is 1. The Morgan fingerprint density at radius 2 is 2.31 bits per heavy atom. The summed E-state index contributed by atoms with van der Waals surface area (Å²) in [6.45, 7) is 4.35. The molecular formula is C12H17NO2S. The van der Waals surface area contributed by atoms with E-state index < -0.39 is 12.0 Å². The minimum atomic E-state index is -0.820. The van der Waals surface area contributed by atoms with E-state index in [-0.39, 0.29) is 0 Å². The molecule has 1 aromatic carbocycles. The lowest BCUT2D eigenvalue weighted by molar-refractivity contribution is -0.139. The Balaban J connectivity index is 2.53. The van der Waals surface area contributed by atoms with E-state index in [1.165, 1.54) is 4.90 Å². The first-order chi connectivity index (χ1) is 7.63. The van der Waals surface area contributed by atoms with Gasteiger partial charge in [-0.25, -0.2) is 0 Å². The number of rotatable bonds is 6. The summed E-state index contributed by atoms with van der Waals surface area (Å²) in [5.41, 5.74) is 1.12. The first-order valence-corrected chi connectivity index (χ1v) is 6.30. The van der Waals surface area contributed by atoms with Crippen molar-refractivity contribution >= 4 is 17.7 Å². The van der Waals surface area contributed by atoms with Gasteiger partial charge in [-0.1, -0.05) is 19.1 Å². The van der Waals surface area contributed by atoms with Crippen molar-refractivity contribution in [2.75, 3.05) is 5.75 Å². The molecule has 1 unspecified atom stereocenters. The van der Waals surface area contributed by atoms with Gasteiger partial charge in [0.2, 0.25) is 0 Å². The van der Waals surface area contributed by atoms with E-state index in [1.54, 1.807) is 18.7 Å². The third kappa shape index (κ3) is 4.24. The molecule has 0 aromatic heterocycles. The van der Waals surface area contributed by atoms with Gasteiger partial charge in [-0.05, 0) is 30.4 Å². The monoisotopic (exact) mass is 239 g/mol. The molecule has 0 fully saturated rings. The number of nitrogens with one attached hydrogen (secondary N) is 1. The van der Waals surface area contributed by atoms with Crippen molar-refractivity contribution in [2.45, 2.75) is 31.3 Å². The van der Waals surface area contributed by atoms with Crippen LogP contribution in [0.1, 0.15) is 19.4 Å². The van der Waals surface area contributed by atoms with Crippen LogP contribution >= 0.6 is 11.8 Å². The van der Waals surface area contributed by atoms with Gasteiger partial charge in [0.1, 0.15) is 6.04 Å². The van der Waals surface area contributed by atoms with Gasteiger partial charge in [0.15, 0.2) is 0 Å². The number of benzene rings is 1. The summed E-state index contributed by atoms with van der Waals surface area (Å²) in [7, 11) is 0. The van der Waals surface area contributed by atoms with Crippen LogP contribution in [0, 0.1) is 0 Å². The van der Waals surface area contributed by atoms with E-state index in [4.69, 9.17) is 5.11 Å². The summed E-state index contributed by atoms with van der Waals surface area (Å²) < 4.78 is 0. The van der Waals surface area contributed by atoms with Crippen LogP contribution < -0.4 is 5.32 Å². The van der Waals surface area contributed by atoms with E-state index >= 15 is 0 Å². The van der Waals surface area contributed by atoms with Crippen molar-refractivity contribution in [1.82, 2.24) is 5.32 Å². The Hall–Kier alpha value is -1.00. The third-order valence-electron chi connectivity index (χ3n) is 2.19. The predicted octanol–water partition coefficient (Wildman–Crippen LogP) is 2.36. The molecule has 0 aliphatic rings. The lowest BCUT2D eigenvalue weighted by atomic mass is 10.2. The molecule has 1 atom stereocenters. The second kappa shape index (κ2) is 6.55. The van der Waals surface area contributed by atoms with Crippen LogP contribution in [0.25, 0.3) is 0 Å². The van der Waals surface area contributed by atoms with Crippen LogP contribution in [0.4, 0.5) is 0 Å². The Bertz CT molecular complexity index is 355. The first kappa shape index (κ1) is 13.1. The molecule has 16 heavy (non-hydrogen) atoms. The van der Waals surface area contributed by atoms with Crippen LogP contribution in [-0.4, -0.2) is 22.9 Å². The van der Waals surface area contributed by atoms with Crippen LogP contribution in [0.5, 0.6) is 0 Å². The Kier molecular flexibility index (Phi) is 5.35. The number of carboxylic acids is 1. The van der Waals surface area contributed by atoms with Gasteiger partial charge >= 0.3 is 5.97 Å². The maximum absolute atomic E-state index is 10.6. The van der Waals surface area contributed by atoms with Gasteiger partial charge < -0.3 is 10.4 Å². The van der Waals surface area contributed by atoms with Crippen molar-refractivity contribution in [3.63, 3.8) is 0 Å². The van der Waals surface area contributed by atoms with Crippen molar-refractivity contribution in [3.8, 4) is 0 Å². The minimum Gasteiger partial charge on any atom is -0.480 e. The fraction of sp³-hybridized carbons (Fsp3) is 0.417. The van der Waals surface area contributed by atoms with E-state index in [2.05, 4.69) is 24.4 Å². The van der Waals surface area contributed by atoms with E-state index in [1.807, 2.05) is 12.1 Å². The first-order valence-electron chi connectivity index (χ1n) is 5.31. The predicted molar refractivity (Wildman–Crippen MR) is 66.8 cm³/mol. The normalized spacial score (nSPS) is 12.4. The smallest absolute Gasteiger partial charge is 0.320 e. The van der Waals surface area contributed by atoms with Crippen molar-refractivity contribution in [1.29, 1.82) is 0 Å². The van der Waals surface area contributed by atoms with Gasteiger partial charge in [0, 0.05) is 11.4 Å². The van der Waals surface area contributed by atoms with Crippen LogP contribution in [-0.2, 0) is 11.3 Å². The van der Waals surface area contributed by atoms with Gasteiger partial charge in [-0.3, -0.25) is 4.79 Å². The molecule has 1 rings (SSSR count). The fourth-order valence-electron chi connectivity index (χ4n) is 1.27. The molecule has 1 aromatic rings. The lowest BCUT2D eigenvalue weighted by Crippen LogP contribution is -2.33. The molecule has 4 heteroatoms. The molecule has 0 aliphatic heterocycles. The highest BCUT2D eigenvalue weighted by molar-refractivity contribution is 7.99. The summed E-state index contributed by atoms with van der Waals surface area (Å²) in [5.74, 6) is 0.224. The molecular weight excluding hydrogens is 222 g/mol. The average Bonchev–Trinajstić information content (AvgIpc) is 2.26. The summed E-state index contributed by atoms with van der Waals surface area (Å²) >= 11 is 1.79. The average molecular weight is 239 g/mol. The number of carbonyl (C=O) groups is 1. The zero-order chi connectivity index (χ0) is 12.0. The maximum atomic E-state index is 10.6. The Morgan fingerprint density at radius 1 is 1.56 bits per heavy atom. The van der Waals surface area contributed by atoms with Gasteiger partial charge in [0.05, 0.1) is 0 Å². The number of hydrogen-bond acceptors (Lipinski definition) is 3. The molecule has 0 saturated heterocycles. The van der Waals surface area contributed by atoms with Crippen molar-refractivity contribution in [2.24, 2.45) is 0 Å². The number of thioether (sulfide) groups is 1. The highest BCUT2D eigenvalue weighted by Gasteiger charge is 2.09. The summed E-state index contributed by atoms with van der Waals surface area (Å²) in [6, 6.07) is 7.65. The topological polar surface area (TPSA) is 49.3 Å². The SMILES string of the molecule is CCSc1cccc(CNC(C)C(=O)O)c1. The van der Waals surface area contributed by atoms with Crippen LogP contribution in [0.2, 0.25) is 0 Å². The molecule has 0 amide bonds. The van der Waals surface area contributed by atoms with Crippen LogP contribution in [0.3, 0.4) is 0 Å². The third-order valence-corrected chi connectivity index (χ3v) is 3.07. The van der Waals surface area contributed by atoms with Gasteiger partial charge in [-0.2, -0.15) is 0 Å². The molecule has 0 radical (unpaired) electrons. The zero-order valence-corrected chi connectivity index (χ0v) is 10.4. The molecule has 0 bridgehead atoms. The highest BCUT2D eigenvalue weighted by atomic mass is 32.2. The highest BCUT2D eigenvalue weighted by Crippen LogP contribution is 2.18. The van der Waals surface area contributed by atoms with Crippen molar-refractivity contribution in [3.05, 3.63) is 29.8 Å².